The Kier molecular flexibility index (Phi) is 2.97. The van der Waals surface area contributed by atoms with Gasteiger partial charge < -0.3 is 4.57 Å². The molecule has 8 heteroatoms. The lowest BCUT2D eigenvalue weighted by Crippen LogP contribution is -2.28. The Labute approximate surface area is 131 Å². The molecule has 0 fully saturated rings. The van der Waals surface area contributed by atoms with Gasteiger partial charge in [0.1, 0.15) is 5.52 Å². The van der Waals surface area contributed by atoms with Gasteiger partial charge in [-0.1, -0.05) is 6.92 Å². The fraction of sp³-hybridized carbons (Fsp3) is 0.267. The number of fused-ring (bicyclic) bond motifs is 3. The summed E-state index contributed by atoms with van der Waals surface area (Å²) in [7, 11) is 1.89. The molecule has 0 radical (unpaired) electrons. The third-order valence-electron chi connectivity index (χ3n) is 3.86. The lowest BCUT2D eigenvalue weighted by Gasteiger charge is -2.08. The highest BCUT2D eigenvalue weighted by atomic mass is 16.1. The van der Waals surface area contributed by atoms with Gasteiger partial charge in [-0.05, 0) is 18.6 Å². The molecule has 116 valence electrons. The van der Waals surface area contributed by atoms with Crippen molar-refractivity contribution >= 4 is 16.8 Å². The Morgan fingerprint density at radius 3 is 2.65 bits per heavy atom. The summed E-state index contributed by atoms with van der Waals surface area (Å²) in [6.45, 7) is 2.62. The van der Waals surface area contributed by atoms with E-state index in [4.69, 9.17) is 0 Å². The van der Waals surface area contributed by atoms with Crippen molar-refractivity contribution in [3.63, 3.8) is 0 Å². The molecule has 0 unspecified atom stereocenters. The number of imidazole rings is 1. The highest BCUT2D eigenvalue weighted by Gasteiger charge is 2.19. The van der Waals surface area contributed by atoms with Crippen molar-refractivity contribution in [2.24, 2.45) is 7.05 Å². The second kappa shape index (κ2) is 5.01. The number of rotatable bonds is 3. The number of hydrogen-bond acceptors (Lipinski definition) is 5. The van der Waals surface area contributed by atoms with Crippen molar-refractivity contribution in [1.29, 1.82) is 0 Å². The zero-order chi connectivity index (χ0) is 16.0. The Morgan fingerprint density at radius 1 is 1.13 bits per heavy atom. The number of pyridine rings is 1. The highest BCUT2D eigenvalue weighted by Crippen LogP contribution is 2.21. The van der Waals surface area contributed by atoms with Crippen LogP contribution in [0.3, 0.4) is 0 Å². The zero-order valence-electron chi connectivity index (χ0n) is 12.8. The minimum Gasteiger partial charge on any atom is -0.329 e. The molecule has 4 rings (SSSR count). The van der Waals surface area contributed by atoms with Crippen molar-refractivity contribution in [1.82, 2.24) is 33.7 Å². The van der Waals surface area contributed by atoms with Gasteiger partial charge in [-0.15, -0.1) is 10.2 Å². The molecule has 0 saturated heterocycles. The van der Waals surface area contributed by atoms with E-state index in [1.54, 1.807) is 27.7 Å². The first-order valence-corrected chi connectivity index (χ1v) is 7.41. The van der Waals surface area contributed by atoms with Gasteiger partial charge in [-0.2, -0.15) is 0 Å². The van der Waals surface area contributed by atoms with Crippen LogP contribution in [0, 0.1) is 0 Å². The van der Waals surface area contributed by atoms with E-state index in [-0.39, 0.29) is 5.69 Å². The second-order valence-electron chi connectivity index (χ2n) is 5.38. The molecule has 4 aromatic heterocycles. The molecule has 0 atom stereocenters. The van der Waals surface area contributed by atoms with Crippen molar-refractivity contribution in [3.8, 4) is 11.4 Å². The maximum atomic E-state index is 13.0. The van der Waals surface area contributed by atoms with Crippen molar-refractivity contribution in [2.75, 3.05) is 0 Å². The summed E-state index contributed by atoms with van der Waals surface area (Å²) in [5, 5.41) is 8.47. The zero-order valence-corrected chi connectivity index (χ0v) is 12.8. The maximum Gasteiger partial charge on any atom is 0.337 e. The summed E-state index contributed by atoms with van der Waals surface area (Å²) in [6.07, 6.45) is 5.87. The molecule has 0 spiro atoms. The van der Waals surface area contributed by atoms with Gasteiger partial charge in [0.15, 0.2) is 17.1 Å². The summed E-state index contributed by atoms with van der Waals surface area (Å²) in [5.74, 6) is 0.514. The van der Waals surface area contributed by atoms with E-state index in [0.29, 0.717) is 23.7 Å². The van der Waals surface area contributed by atoms with Gasteiger partial charge in [0, 0.05) is 31.5 Å². The molecule has 0 saturated carbocycles. The van der Waals surface area contributed by atoms with Crippen LogP contribution >= 0.6 is 0 Å². The first-order chi connectivity index (χ1) is 11.2. The van der Waals surface area contributed by atoms with E-state index >= 15 is 0 Å². The molecular formula is C15H15N7O. The first kappa shape index (κ1) is 13.6. The minimum absolute atomic E-state index is 0.176. The molecule has 4 heterocycles. The summed E-state index contributed by atoms with van der Waals surface area (Å²) in [6, 6.07) is 3.63. The van der Waals surface area contributed by atoms with Gasteiger partial charge in [-0.25, -0.2) is 14.2 Å². The number of aryl methyl sites for hydroxylation is 2. The highest BCUT2D eigenvalue weighted by molar-refractivity contribution is 5.86. The largest absolute Gasteiger partial charge is 0.337 e. The van der Waals surface area contributed by atoms with Gasteiger partial charge >= 0.3 is 5.69 Å². The second-order valence-corrected chi connectivity index (χ2v) is 5.38. The molecule has 8 nitrogen and oxygen atoms in total. The Morgan fingerprint density at radius 2 is 1.91 bits per heavy atom. The quantitative estimate of drug-likeness (QED) is 0.569. The Hall–Kier alpha value is -3.03. The van der Waals surface area contributed by atoms with E-state index in [1.807, 2.05) is 30.7 Å². The van der Waals surface area contributed by atoms with Crippen LogP contribution in [0.4, 0.5) is 0 Å². The van der Waals surface area contributed by atoms with Crippen LogP contribution in [0.2, 0.25) is 0 Å². The summed E-state index contributed by atoms with van der Waals surface area (Å²) < 4.78 is 5.09. The van der Waals surface area contributed by atoms with E-state index in [9.17, 15) is 4.79 Å². The molecule has 0 amide bonds. The van der Waals surface area contributed by atoms with E-state index in [1.165, 1.54) is 0 Å². The van der Waals surface area contributed by atoms with Crippen molar-refractivity contribution in [3.05, 3.63) is 41.3 Å². The van der Waals surface area contributed by atoms with Crippen molar-refractivity contribution in [2.45, 2.75) is 19.9 Å². The predicted molar refractivity (Wildman–Crippen MR) is 85.0 cm³/mol. The summed E-state index contributed by atoms with van der Waals surface area (Å²) in [5.41, 5.74) is 2.58. The predicted octanol–water partition coefficient (Wildman–Crippen LogP) is 1.25. The fourth-order valence-corrected chi connectivity index (χ4v) is 2.82. The smallest absolute Gasteiger partial charge is 0.329 e. The van der Waals surface area contributed by atoms with Crippen LogP contribution in [0.1, 0.15) is 13.3 Å². The molecule has 23 heavy (non-hydrogen) atoms. The summed E-state index contributed by atoms with van der Waals surface area (Å²) in [4.78, 5) is 21.3. The number of aromatic nitrogens is 7. The average molecular weight is 309 g/mol. The van der Waals surface area contributed by atoms with Gasteiger partial charge in [0.25, 0.3) is 0 Å². The Bertz CT molecular complexity index is 1060. The van der Waals surface area contributed by atoms with Gasteiger partial charge in [0.2, 0.25) is 0 Å². The van der Waals surface area contributed by atoms with Gasteiger partial charge in [0.05, 0.1) is 6.33 Å². The SMILES string of the molecule is CCCn1c(=O)n2c(-c3ccncc3)nnc2c2c1ncn2C. The van der Waals surface area contributed by atoms with E-state index in [2.05, 4.69) is 20.2 Å². The molecule has 0 N–H and O–H groups in total. The Balaban J connectivity index is 2.18. The van der Waals surface area contributed by atoms with Crippen LogP contribution in [-0.2, 0) is 13.6 Å². The molecule has 4 aromatic rings. The normalized spacial score (nSPS) is 11.6. The number of nitrogens with zero attached hydrogens (tertiary/aromatic N) is 7. The molecular weight excluding hydrogens is 294 g/mol. The third kappa shape index (κ3) is 1.88. The topological polar surface area (TPSA) is 82.9 Å². The minimum atomic E-state index is -0.176. The lowest BCUT2D eigenvalue weighted by molar-refractivity contribution is 0.648. The lowest BCUT2D eigenvalue weighted by atomic mass is 10.2. The van der Waals surface area contributed by atoms with E-state index in [0.717, 1.165) is 17.5 Å². The van der Waals surface area contributed by atoms with Crippen LogP contribution < -0.4 is 5.69 Å². The fourth-order valence-electron chi connectivity index (χ4n) is 2.82. The van der Waals surface area contributed by atoms with Crippen molar-refractivity contribution < 1.29 is 0 Å². The van der Waals surface area contributed by atoms with Crippen LogP contribution in [-0.4, -0.2) is 33.7 Å². The molecule has 0 aromatic carbocycles. The monoisotopic (exact) mass is 309 g/mol. The summed E-state index contributed by atoms with van der Waals surface area (Å²) >= 11 is 0. The van der Waals surface area contributed by atoms with Gasteiger partial charge in [-0.3, -0.25) is 9.55 Å². The molecule has 0 aliphatic heterocycles. The molecule has 0 aliphatic carbocycles. The van der Waals surface area contributed by atoms with Crippen LogP contribution in [0.15, 0.2) is 35.6 Å². The molecule has 0 bridgehead atoms. The molecule has 0 aliphatic rings. The standard InChI is InChI=1S/C15H15N7O/c1-3-8-21-13-11(20(2)9-17-13)14-19-18-12(22(14)15(21)23)10-4-6-16-7-5-10/h4-7,9H,3,8H2,1-2H3. The maximum absolute atomic E-state index is 13.0. The van der Waals surface area contributed by atoms with Crippen LogP contribution in [0.25, 0.3) is 28.2 Å². The van der Waals surface area contributed by atoms with Crippen LogP contribution in [0.5, 0.6) is 0 Å². The third-order valence-corrected chi connectivity index (χ3v) is 3.86. The average Bonchev–Trinajstić information content (AvgIpc) is 3.16. The van der Waals surface area contributed by atoms with E-state index < -0.39 is 0 Å². The number of hydrogen-bond donors (Lipinski definition) is 0. The first-order valence-electron chi connectivity index (χ1n) is 7.41.